The van der Waals surface area contributed by atoms with Crippen molar-refractivity contribution in [3.8, 4) is 0 Å². The molecule has 3 N–H and O–H groups in total. The van der Waals surface area contributed by atoms with Crippen molar-refractivity contribution < 1.29 is 19.3 Å². The van der Waals surface area contributed by atoms with Crippen LogP contribution in [0.4, 0.5) is 5.82 Å². The highest BCUT2D eigenvalue weighted by molar-refractivity contribution is 5.95. The smallest absolute Gasteiger partial charge is 0.279 e. The third-order valence-corrected chi connectivity index (χ3v) is 3.02. The van der Waals surface area contributed by atoms with E-state index in [0.717, 1.165) is 0 Å². The number of hydrogen-bond donors (Lipinski definition) is 2. The van der Waals surface area contributed by atoms with Crippen LogP contribution in [-0.4, -0.2) is 58.6 Å². The van der Waals surface area contributed by atoms with Gasteiger partial charge in [0, 0.05) is 39.6 Å². The first-order valence-electron chi connectivity index (χ1n) is 5.65. The number of aliphatic hydroxyl groups is 1. The van der Waals surface area contributed by atoms with Gasteiger partial charge in [0.15, 0.2) is 0 Å². The Hall–Kier alpha value is -1.67. The maximum Gasteiger partial charge on any atom is 0.279 e. The summed E-state index contributed by atoms with van der Waals surface area (Å²) in [5.74, 6) is -0.473. The van der Waals surface area contributed by atoms with Crippen LogP contribution in [0.3, 0.4) is 0 Å². The summed E-state index contributed by atoms with van der Waals surface area (Å²) in [6.45, 7) is 1.18. The largest absolute Gasteiger partial charge is 0.388 e. The van der Waals surface area contributed by atoms with Crippen LogP contribution in [-0.2, 0) is 4.74 Å². The summed E-state index contributed by atoms with van der Waals surface area (Å²) in [5, 5.41) is 17.1. The number of amides is 1. The lowest BCUT2D eigenvalue weighted by Crippen LogP contribution is -2.47. The van der Waals surface area contributed by atoms with E-state index in [-0.39, 0.29) is 18.1 Å². The van der Waals surface area contributed by atoms with Crippen molar-refractivity contribution in [3.05, 3.63) is 5.69 Å². The lowest BCUT2D eigenvalue weighted by molar-refractivity contribution is -0.0734. The molecule has 1 aromatic heterocycles. The summed E-state index contributed by atoms with van der Waals surface area (Å²) in [5.41, 5.74) is 4.49. The molecule has 1 aliphatic rings. The molecular formula is C10H16N4O4. The number of nitrogens with two attached hydrogens (primary N) is 1. The highest BCUT2D eigenvalue weighted by Gasteiger charge is 2.33. The van der Waals surface area contributed by atoms with Gasteiger partial charge >= 0.3 is 0 Å². The molecule has 1 amide bonds. The van der Waals surface area contributed by atoms with Crippen LogP contribution in [0.15, 0.2) is 4.63 Å². The van der Waals surface area contributed by atoms with E-state index in [1.54, 1.807) is 7.05 Å². The first-order valence-corrected chi connectivity index (χ1v) is 5.65. The molecule has 2 rings (SSSR count). The Balaban J connectivity index is 2.01. The number of aromatic nitrogens is 2. The van der Waals surface area contributed by atoms with Crippen LogP contribution in [0, 0.1) is 0 Å². The van der Waals surface area contributed by atoms with Gasteiger partial charge in [0.05, 0.1) is 5.60 Å². The quantitative estimate of drug-likeness (QED) is 0.732. The number of likely N-dealkylation sites (N-methyl/N-ethyl adjacent to an activating group) is 1. The zero-order valence-corrected chi connectivity index (χ0v) is 10.1. The molecule has 1 fully saturated rings. The van der Waals surface area contributed by atoms with Gasteiger partial charge < -0.3 is 20.5 Å². The number of carbonyl (C=O) groups excluding carboxylic acids is 1. The van der Waals surface area contributed by atoms with Crippen molar-refractivity contribution in [1.29, 1.82) is 0 Å². The van der Waals surface area contributed by atoms with Gasteiger partial charge in [-0.3, -0.25) is 4.79 Å². The summed E-state index contributed by atoms with van der Waals surface area (Å²) >= 11 is 0. The molecule has 0 radical (unpaired) electrons. The summed E-state index contributed by atoms with van der Waals surface area (Å²) in [6, 6.07) is 0. The molecule has 8 heteroatoms. The average Bonchev–Trinajstić information content (AvgIpc) is 2.74. The number of ether oxygens (including phenoxy) is 1. The molecule has 0 aromatic carbocycles. The maximum atomic E-state index is 12.0. The van der Waals surface area contributed by atoms with Gasteiger partial charge in [-0.25, -0.2) is 4.63 Å². The highest BCUT2D eigenvalue weighted by atomic mass is 16.6. The Kier molecular flexibility index (Phi) is 3.48. The van der Waals surface area contributed by atoms with Crippen molar-refractivity contribution in [2.75, 3.05) is 32.5 Å². The molecule has 1 aliphatic heterocycles. The van der Waals surface area contributed by atoms with E-state index in [4.69, 9.17) is 10.5 Å². The van der Waals surface area contributed by atoms with Gasteiger partial charge in [0.25, 0.3) is 5.91 Å². The third kappa shape index (κ3) is 2.59. The minimum Gasteiger partial charge on any atom is -0.388 e. The van der Waals surface area contributed by atoms with Gasteiger partial charge in [0.1, 0.15) is 0 Å². The number of nitrogen functional groups attached to an aromatic ring is 1. The standard InChI is InChI=1S/C10H16N4O4/c1-14(6-10(16)2-4-17-5-3-10)9(15)7-8(11)13-18-12-7/h16H,2-6H2,1H3,(H2,11,13). The zero-order valence-electron chi connectivity index (χ0n) is 10.1. The number of carbonyl (C=O) groups is 1. The van der Waals surface area contributed by atoms with E-state index in [1.807, 2.05) is 0 Å². The molecule has 2 heterocycles. The summed E-state index contributed by atoms with van der Waals surface area (Å²) in [7, 11) is 1.57. The number of nitrogens with zero attached hydrogens (tertiary/aromatic N) is 3. The molecule has 18 heavy (non-hydrogen) atoms. The second-order valence-electron chi connectivity index (χ2n) is 4.50. The Morgan fingerprint density at radius 2 is 2.17 bits per heavy atom. The second-order valence-corrected chi connectivity index (χ2v) is 4.50. The van der Waals surface area contributed by atoms with E-state index in [1.165, 1.54) is 4.90 Å². The van der Waals surface area contributed by atoms with Crippen LogP contribution in [0.5, 0.6) is 0 Å². The molecule has 8 nitrogen and oxygen atoms in total. The minimum atomic E-state index is -0.922. The molecular weight excluding hydrogens is 240 g/mol. The van der Waals surface area contributed by atoms with Crippen molar-refractivity contribution in [2.24, 2.45) is 0 Å². The van der Waals surface area contributed by atoms with Gasteiger partial charge in [-0.05, 0) is 10.3 Å². The molecule has 100 valence electrons. The minimum absolute atomic E-state index is 0.0341. The average molecular weight is 256 g/mol. The molecule has 1 aromatic rings. The number of hydrogen-bond acceptors (Lipinski definition) is 7. The van der Waals surface area contributed by atoms with Crippen LogP contribution >= 0.6 is 0 Å². The van der Waals surface area contributed by atoms with E-state index in [0.29, 0.717) is 26.1 Å². The third-order valence-electron chi connectivity index (χ3n) is 3.02. The highest BCUT2D eigenvalue weighted by Crippen LogP contribution is 2.22. The van der Waals surface area contributed by atoms with Gasteiger partial charge in [0.2, 0.25) is 11.5 Å². The van der Waals surface area contributed by atoms with Crippen molar-refractivity contribution >= 4 is 11.7 Å². The fourth-order valence-electron chi connectivity index (χ4n) is 1.95. The molecule has 0 bridgehead atoms. The first-order chi connectivity index (χ1) is 8.52. The summed E-state index contributed by atoms with van der Waals surface area (Å²) in [4.78, 5) is 13.3. The van der Waals surface area contributed by atoms with Gasteiger partial charge in [-0.1, -0.05) is 0 Å². The zero-order chi connectivity index (χ0) is 13.2. The van der Waals surface area contributed by atoms with Crippen molar-refractivity contribution in [2.45, 2.75) is 18.4 Å². The van der Waals surface area contributed by atoms with Gasteiger partial charge in [-0.15, -0.1) is 0 Å². The topological polar surface area (TPSA) is 115 Å². The molecule has 0 spiro atoms. The predicted octanol–water partition coefficient (Wildman–Crippen LogP) is -0.735. The first kappa shape index (κ1) is 12.8. The maximum absolute atomic E-state index is 12.0. The molecule has 0 aliphatic carbocycles. The van der Waals surface area contributed by atoms with Crippen molar-refractivity contribution in [1.82, 2.24) is 15.2 Å². The van der Waals surface area contributed by atoms with Crippen LogP contribution in [0.1, 0.15) is 23.3 Å². The SMILES string of the molecule is CN(CC1(O)CCOCC1)C(=O)c1nonc1N. The number of rotatable bonds is 3. The fourth-order valence-corrected chi connectivity index (χ4v) is 1.95. The lowest BCUT2D eigenvalue weighted by atomic mass is 9.94. The monoisotopic (exact) mass is 256 g/mol. The molecule has 0 saturated carbocycles. The predicted molar refractivity (Wildman–Crippen MR) is 60.7 cm³/mol. The van der Waals surface area contributed by atoms with E-state index >= 15 is 0 Å². The lowest BCUT2D eigenvalue weighted by Gasteiger charge is -2.35. The van der Waals surface area contributed by atoms with Crippen LogP contribution in [0.2, 0.25) is 0 Å². The van der Waals surface area contributed by atoms with Crippen molar-refractivity contribution in [3.63, 3.8) is 0 Å². The second kappa shape index (κ2) is 4.91. The van der Waals surface area contributed by atoms with E-state index in [2.05, 4.69) is 14.9 Å². The number of anilines is 1. The van der Waals surface area contributed by atoms with E-state index < -0.39 is 11.5 Å². The molecule has 0 atom stereocenters. The summed E-state index contributed by atoms with van der Waals surface area (Å²) in [6.07, 6.45) is 0.994. The Morgan fingerprint density at radius 1 is 1.50 bits per heavy atom. The Labute approximate surface area is 104 Å². The Bertz CT molecular complexity index is 427. The van der Waals surface area contributed by atoms with Crippen LogP contribution < -0.4 is 5.73 Å². The van der Waals surface area contributed by atoms with E-state index in [9.17, 15) is 9.90 Å². The molecule has 1 saturated heterocycles. The van der Waals surface area contributed by atoms with Crippen LogP contribution in [0.25, 0.3) is 0 Å². The Morgan fingerprint density at radius 3 is 2.72 bits per heavy atom. The fraction of sp³-hybridized carbons (Fsp3) is 0.700. The molecule has 0 unspecified atom stereocenters. The van der Waals surface area contributed by atoms with Gasteiger partial charge in [-0.2, -0.15) is 0 Å². The normalized spacial score (nSPS) is 18.6. The summed E-state index contributed by atoms with van der Waals surface area (Å²) < 4.78 is 9.55.